The predicted octanol–water partition coefficient (Wildman–Crippen LogP) is 11.9. The fourth-order valence-corrected chi connectivity index (χ4v) is 6.74. The van der Waals surface area contributed by atoms with Crippen molar-refractivity contribution in [3.05, 3.63) is 164 Å². The Kier molecular flexibility index (Phi) is 4.31. The van der Waals surface area contributed by atoms with E-state index in [1.165, 1.54) is 5.39 Å². The topological polar surface area (TPSA) is 51.8 Å². The first-order valence-corrected chi connectivity index (χ1v) is 15.6. The summed E-state index contributed by atoms with van der Waals surface area (Å²) in [4.78, 5) is 13.7. The number of rotatable bonds is 4. The monoisotopic (exact) mass is 635 g/mol. The average Bonchev–Trinajstić information content (AvgIpc) is 3.65. The number of hydrogen-bond acceptors (Lipinski definition) is 4. The Morgan fingerprint density at radius 1 is 0.367 bits per heavy atom. The van der Waals surface area contributed by atoms with Crippen molar-refractivity contribution in [2.24, 2.45) is 0 Å². The van der Waals surface area contributed by atoms with Crippen molar-refractivity contribution in [2.75, 3.05) is 0 Å². The van der Waals surface area contributed by atoms with Crippen molar-refractivity contribution in [3.8, 4) is 45.3 Å². The van der Waals surface area contributed by atoms with Crippen LogP contribution in [0.4, 0.5) is 0 Å². The molecule has 0 saturated heterocycles. The molecule has 4 heteroatoms. The van der Waals surface area contributed by atoms with Gasteiger partial charge in [0.25, 0.3) is 0 Å². The third-order valence-corrected chi connectivity index (χ3v) is 8.90. The minimum absolute atomic E-state index is 0.0705. The molecule has 10 aromatic rings. The van der Waals surface area contributed by atoms with Crippen LogP contribution in [-0.4, -0.2) is 15.0 Å². The smallest absolute Gasteiger partial charge is 0.167 e. The van der Waals surface area contributed by atoms with E-state index in [9.17, 15) is 0 Å². The molecule has 0 amide bonds. The summed E-state index contributed by atoms with van der Waals surface area (Å²) in [5.41, 5.74) is 2.37. The van der Waals surface area contributed by atoms with Crippen LogP contribution in [-0.2, 0) is 0 Å². The van der Waals surface area contributed by atoms with Crippen molar-refractivity contribution in [3.63, 3.8) is 0 Å². The second-order valence-corrected chi connectivity index (χ2v) is 11.6. The number of benzene rings is 8. The van der Waals surface area contributed by atoms with Gasteiger partial charge in [0.2, 0.25) is 0 Å². The Balaban J connectivity index is 1.23. The van der Waals surface area contributed by atoms with Crippen LogP contribution in [0.1, 0.15) is 13.7 Å². The van der Waals surface area contributed by atoms with Gasteiger partial charge in [-0.15, -0.1) is 0 Å². The molecule has 2 aromatic heterocycles. The molecule has 0 bridgehead atoms. The Morgan fingerprint density at radius 2 is 0.816 bits per heavy atom. The normalized spacial score (nSPS) is 14.5. The van der Waals surface area contributed by atoms with Gasteiger partial charge in [-0.25, -0.2) is 15.0 Å². The lowest BCUT2D eigenvalue weighted by Crippen LogP contribution is -2.00. The highest BCUT2D eigenvalue weighted by Crippen LogP contribution is 2.42. The Labute approximate surface area is 296 Å². The number of furan rings is 1. The van der Waals surface area contributed by atoms with Gasteiger partial charge in [0.05, 0.1) is 19.3 Å². The molecule has 0 saturated carbocycles. The molecule has 0 fully saturated rings. The maximum Gasteiger partial charge on any atom is 0.167 e. The zero-order chi connectivity index (χ0) is 41.0. The first-order valence-electron chi connectivity index (χ1n) is 20.6. The van der Waals surface area contributed by atoms with E-state index >= 15 is 0 Å². The van der Waals surface area contributed by atoms with E-state index in [1.54, 1.807) is 12.1 Å². The molecule has 2 heterocycles. The van der Waals surface area contributed by atoms with Crippen molar-refractivity contribution >= 4 is 54.3 Å². The van der Waals surface area contributed by atoms with Gasteiger partial charge in [0, 0.05) is 27.5 Å². The van der Waals surface area contributed by atoms with Gasteiger partial charge in [0.1, 0.15) is 11.2 Å². The number of para-hydroxylation sites is 2. The van der Waals surface area contributed by atoms with E-state index in [0.717, 1.165) is 43.4 Å². The van der Waals surface area contributed by atoms with Gasteiger partial charge in [0.15, 0.2) is 17.5 Å². The van der Waals surface area contributed by atoms with Crippen LogP contribution in [0.2, 0.25) is 0 Å². The second kappa shape index (κ2) is 11.0. The summed E-state index contributed by atoms with van der Waals surface area (Å²) in [5, 5.41) is 8.35. The summed E-state index contributed by atoms with van der Waals surface area (Å²) < 4.78 is 91.1. The fourth-order valence-electron chi connectivity index (χ4n) is 6.74. The van der Waals surface area contributed by atoms with Crippen molar-refractivity contribution in [1.82, 2.24) is 15.0 Å². The van der Waals surface area contributed by atoms with Crippen LogP contribution < -0.4 is 0 Å². The van der Waals surface area contributed by atoms with E-state index < -0.39 is 60.4 Å². The number of nitrogens with zero attached hydrogens (tertiary/aromatic N) is 3. The number of aromatic nitrogens is 3. The van der Waals surface area contributed by atoms with E-state index in [4.69, 9.17) is 18.1 Å². The van der Waals surface area contributed by atoms with Crippen LogP contribution in [0.3, 0.4) is 0 Å². The fraction of sp³-hybridized carbons (Fsp3) is 0. The van der Waals surface area contributed by atoms with Crippen molar-refractivity contribution in [2.45, 2.75) is 0 Å². The maximum absolute atomic E-state index is 8.70. The number of hydrogen-bond donors (Lipinski definition) is 0. The summed E-state index contributed by atoms with van der Waals surface area (Å²) in [5.74, 6) is -0.768. The van der Waals surface area contributed by atoms with Crippen LogP contribution in [0, 0.1) is 0 Å². The minimum Gasteiger partial charge on any atom is -0.455 e. The molecule has 0 radical (unpaired) electrons. The van der Waals surface area contributed by atoms with Crippen LogP contribution >= 0.6 is 0 Å². The molecule has 0 aliphatic heterocycles. The third kappa shape index (κ3) is 4.42. The molecule has 49 heavy (non-hydrogen) atoms. The highest BCUT2D eigenvalue weighted by molar-refractivity contribution is 6.26. The Morgan fingerprint density at radius 3 is 1.39 bits per heavy atom. The van der Waals surface area contributed by atoms with Gasteiger partial charge in [-0.3, -0.25) is 0 Å². The molecular weight excluding hydrogens is 599 g/mol. The quantitative estimate of drug-likeness (QED) is 0.181. The predicted molar refractivity (Wildman–Crippen MR) is 201 cm³/mol. The van der Waals surface area contributed by atoms with E-state index in [2.05, 4.69) is 63.5 Å². The van der Waals surface area contributed by atoms with E-state index in [0.29, 0.717) is 22.1 Å². The van der Waals surface area contributed by atoms with Gasteiger partial charge in [-0.2, -0.15) is 0 Å². The third-order valence-electron chi connectivity index (χ3n) is 8.90. The SMILES string of the molecule is [2H]c1c([2H])c([2H])c(-c2nc(-c3c([2H])c([2H])c([2H])c([2H])c3[2H])nc(-c3cccc4c3oc3c(-c5ccc6c7ccccc7c7ccccc7c6c5)cccc34)n2)c([2H])c1[2H]. The molecular formula is C45H27N3O. The lowest BCUT2D eigenvalue weighted by Gasteiger charge is -2.12. The largest absolute Gasteiger partial charge is 0.455 e. The lowest BCUT2D eigenvalue weighted by atomic mass is 9.92. The summed E-state index contributed by atoms with van der Waals surface area (Å²) in [7, 11) is 0. The first kappa shape index (κ1) is 19.2. The summed E-state index contributed by atoms with van der Waals surface area (Å²) in [6.45, 7) is 0. The summed E-state index contributed by atoms with van der Waals surface area (Å²) in [6.07, 6.45) is 0. The Bertz CT molecular complexity index is 3300. The standard InChI is InChI=1S/C45H27N3O/c1-3-13-28(14-4-1)43-46-44(29-15-5-2-6-16-29)48-45(47-43)39-24-12-23-38-37-22-11-21-31(41(37)49-42(38)39)30-25-26-36-34-19-8-7-17-32(34)33-18-9-10-20-35(33)40(36)27-30/h1-27H/i1D,2D,3D,4D,5D,6D,13D,14D,15D,16D. The second-order valence-electron chi connectivity index (χ2n) is 11.6. The summed E-state index contributed by atoms with van der Waals surface area (Å²) in [6, 6.07) is 28.4. The molecule has 4 nitrogen and oxygen atoms in total. The summed E-state index contributed by atoms with van der Waals surface area (Å²) >= 11 is 0. The maximum atomic E-state index is 8.70. The van der Waals surface area contributed by atoms with Crippen LogP contribution in [0.5, 0.6) is 0 Å². The van der Waals surface area contributed by atoms with Gasteiger partial charge < -0.3 is 4.42 Å². The average molecular weight is 636 g/mol. The van der Waals surface area contributed by atoms with Gasteiger partial charge in [-0.05, 0) is 50.0 Å². The van der Waals surface area contributed by atoms with E-state index in [-0.39, 0.29) is 28.6 Å². The molecule has 0 aliphatic carbocycles. The molecule has 0 aliphatic rings. The molecule has 0 N–H and O–H groups in total. The molecule has 0 spiro atoms. The van der Waals surface area contributed by atoms with E-state index in [1.807, 2.05) is 42.5 Å². The molecule has 0 unspecified atom stereocenters. The minimum atomic E-state index is -0.617. The van der Waals surface area contributed by atoms with Crippen LogP contribution in [0.25, 0.3) is 99.5 Å². The molecule has 0 atom stereocenters. The van der Waals surface area contributed by atoms with Crippen molar-refractivity contribution < 1.29 is 18.1 Å². The molecule has 228 valence electrons. The van der Waals surface area contributed by atoms with Crippen molar-refractivity contribution in [1.29, 1.82) is 0 Å². The highest BCUT2D eigenvalue weighted by atomic mass is 16.3. The van der Waals surface area contributed by atoms with Gasteiger partial charge in [-0.1, -0.05) is 151 Å². The zero-order valence-corrected chi connectivity index (χ0v) is 25.6. The highest BCUT2D eigenvalue weighted by Gasteiger charge is 2.20. The first-order chi connectivity index (χ1) is 28.4. The van der Waals surface area contributed by atoms with Gasteiger partial charge >= 0.3 is 0 Å². The number of fused-ring (bicyclic) bond motifs is 9. The molecule has 8 aromatic carbocycles. The lowest BCUT2D eigenvalue weighted by molar-refractivity contribution is 0.670. The Hall–Kier alpha value is -6.65. The van der Waals surface area contributed by atoms with Crippen LogP contribution in [0.15, 0.2) is 168 Å². The molecule has 10 rings (SSSR count). The zero-order valence-electron chi connectivity index (χ0n) is 35.6.